The van der Waals surface area contributed by atoms with Gasteiger partial charge in [-0.05, 0) is 69.2 Å². The average Bonchev–Trinajstić information content (AvgIpc) is 3.02. The largest absolute Gasteiger partial charge is 0.289 e. The average molecular weight is 850 g/mol. The molecule has 0 bridgehead atoms. The number of hydrogen-bond donors (Lipinski definition) is 0. The van der Waals surface area contributed by atoms with Crippen molar-refractivity contribution in [2.45, 2.75) is 83.1 Å². The van der Waals surface area contributed by atoms with Gasteiger partial charge in [0, 0.05) is 33.4 Å². The Morgan fingerprint density at radius 2 is 0.704 bits per heavy atom. The second-order valence-corrected chi connectivity index (χ2v) is 19.7. The van der Waals surface area contributed by atoms with E-state index in [4.69, 9.17) is 69.6 Å². The molecule has 0 N–H and O–H groups in total. The van der Waals surface area contributed by atoms with Crippen LogP contribution in [0.4, 0.5) is 11.4 Å². The fourth-order valence-corrected chi connectivity index (χ4v) is 7.17. The van der Waals surface area contributed by atoms with Gasteiger partial charge in [0.2, 0.25) is 0 Å². The molecule has 0 saturated carbocycles. The highest BCUT2D eigenvalue weighted by molar-refractivity contribution is 6.52. The maximum absolute atomic E-state index is 13.4. The topological polar surface area (TPSA) is 83.6 Å². The van der Waals surface area contributed by atoms with Crippen LogP contribution in [0.2, 0.25) is 30.1 Å². The number of benzene rings is 2. The van der Waals surface area contributed by atoms with Crippen molar-refractivity contribution in [2.75, 3.05) is 0 Å². The molecule has 0 aliphatic heterocycles. The van der Waals surface area contributed by atoms with Crippen LogP contribution in [0.3, 0.4) is 0 Å². The molecule has 0 heterocycles. The van der Waals surface area contributed by atoms with Crippen molar-refractivity contribution in [3.05, 3.63) is 112 Å². The summed E-state index contributed by atoms with van der Waals surface area (Å²) in [6, 6.07) is 3.01. The van der Waals surface area contributed by atoms with E-state index in [1.165, 1.54) is 12.1 Å². The maximum Gasteiger partial charge on any atom is 0.186 e. The van der Waals surface area contributed by atoms with Crippen LogP contribution in [-0.2, 0) is 9.59 Å². The SMILES string of the molecule is CC(C)(C)C1=CC(=CN=Nc2cc(Cl)c(Cl)c(Cl)c2-c2c(N=NC=C3C=C(C(C)(C)C)C(=O)C(C(C)(C)C)=C3)cc(Cl)c(Cl)c2Cl)C=C(C(C)(C)C)C1=O. The van der Waals surface area contributed by atoms with Gasteiger partial charge in [-0.15, -0.1) is 0 Å². The molecule has 0 radical (unpaired) electrons. The lowest BCUT2D eigenvalue weighted by Gasteiger charge is -2.31. The highest BCUT2D eigenvalue weighted by Gasteiger charge is 2.35. The zero-order chi connectivity index (χ0) is 40.9. The number of halogens is 6. The molecular formula is C42H44Cl6N4O2. The molecule has 0 amide bonds. The van der Waals surface area contributed by atoms with E-state index in [0.29, 0.717) is 33.4 Å². The lowest BCUT2D eigenvalue weighted by Crippen LogP contribution is -2.27. The Bertz CT molecular complexity index is 1960. The van der Waals surface area contributed by atoms with Gasteiger partial charge in [-0.1, -0.05) is 153 Å². The molecule has 0 aromatic heterocycles. The molecule has 2 aliphatic carbocycles. The summed E-state index contributed by atoms with van der Waals surface area (Å²) in [5.74, 6) is 0.00471. The Morgan fingerprint density at radius 3 is 0.944 bits per heavy atom. The second kappa shape index (κ2) is 16.0. The van der Waals surface area contributed by atoms with E-state index in [-0.39, 0.29) is 64.2 Å². The molecule has 2 aromatic carbocycles. The molecule has 2 aliphatic rings. The van der Waals surface area contributed by atoms with E-state index in [1.54, 1.807) is 12.4 Å². The standard InChI is InChI=1S/C42H44Cl6N4O2/c1-39(2,3)23-13-21(14-24(37(23)53)40(4,5)6)19-49-51-29-17-27(43)33(45)35(47)31(29)32-30(18-28(44)34(46)36(32)48)52-50-20-22-15-25(41(7,8)9)38(54)26(16-22)42(10,11)12/h13-20H,1-12H3. The Balaban J connectivity index is 1.92. The summed E-state index contributed by atoms with van der Waals surface area (Å²) in [6.45, 7) is 23.9. The van der Waals surface area contributed by atoms with Crippen molar-refractivity contribution in [1.82, 2.24) is 0 Å². The summed E-state index contributed by atoms with van der Waals surface area (Å²) in [6.07, 6.45) is 10.4. The second-order valence-electron chi connectivity index (χ2n) is 17.3. The van der Waals surface area contributed by atoms with Crippen molar-refractivity contribution < 1.29 is 9.59 Å². The van der Waals surface area contributed by atoms with Crippen LogP contribution in [-0.4, -0.2) is 11.6 Å². The van der Waals surface area contributed by atoms with E-state index in [2.05, 4.69) is 20.5 Å². The third-order valence-corrected chi connectivity index (χ3v) is 11.3. The van der Waals surface area contributed by atoms with Gasteiger partial charge in [0.1, 0.15) is 0 Å². The molecule has 4 rings (SSSR count). The highest BCUT2D eigenvalue weighted by Crippen LogP contribution is 2.53. The number of nitrogens with zero attached hydrogens (tertiary/aromatic N) is 4. The number of ketones is 2. The Morgan fingerprint density at radius 1 is 0.444 bits per heavy atom. The zero-order valence-corrected chi connectivity index (χ0v) is 37.0. The van der Waals surface area contributed by atoms with Gasteiger partial charge in [0.15, 0.2) is 11.6 Å². The zero-order valence-electron chi connectivity index (χ0n) is 32.5. The monoisotopic (exact) mass is 846 g/mol. The molecule has 0 spiro atoms. The van der Waals surface area contributed by atoms with Crippen LogP contribution in [0.5, 0.6) is 0 Å². The van der Waals surface area contributed by atoms with Gasteiger partial charge in [-0.25, -0.2) is 0 Å². The van der Waals surface area contributed by atoms with E-state index >= 15 is 0 Å². The van der Waals surface area contributed by atoms with Crippen molar-refractivity contribution in [3.8, 4) is 11.1 Å². The van der Waals surface area contributed by atoms with Gasteiger partial charge in [0.05, 0.1) is 53.9 Å². The van der Waals surface area contributed by atoms with Crippen LogP contribution in [0.25, 0.3) is 11.1 Å². The summed E-state index contributed by atoms with van der Waals surface area (Å²) >= 11 is 40.0. The summed E-state index contributed by atoms with van der Waals surface area (Å²) < 4.78 is 0. The predicted octanol–water partition coefficient (Wildman–Crippen LogP) is 16.3. The summed E-state index contributed by atoms with van der Waals surface area (Å²) in [5.41, 5.74) is 3.30. The Hall–Kier alpha value is -2.84. The van der Waals surface area contributed by atoms with Crippen molar-refractivity contribution in [1.29, 1.82) is 0 Å². The molecule has 0 unspecified atom stereocenters. The minimum atomic E-state index is -0.404. The number of Topliss-reactive ketones (excluding diaryl/α,β-unsaturated/α-hetero) is 2. The predicted molar refractivity (Wildman–Crippen MR) is 227 cm³/mol. The number of azo groups is 2. The summed E-state index contributed by atoms with van der Waals surface area (Å²) in [4.78, 5) is 26.9. The van der Waals surface area contributed by atoms with Crippen molar-refractivity contribution in [2.24, 2.45) is 42.1 Å². The van der Waals surface area contributed by atoms with Crippen molar-refractivity contribution >= 4 is 92.5 Å². The van der Waals surface area contributed by atoms with Crippen LogP contribution in [0.15, 0.2) is 103 Å². The Labute approximate surface area is 348 Å². The lowest BCUT2D eigenvalue weighted by atomic mass is 9.72. The van der Waals surface area contributed by atoms with Gasteiger partial charge in [-0.3, -0.25) is 9.59 Å². The van der Waals surface area contributed by atoms with Crippen LogP contribution in [0, 0.1) is 21.7 Å². The summed E-state index contributed by atoms with van der Waals surface area (Å²) in [7, 11) is 0. The van der Waals surface area contributed by atoms with E-state index in [0.717, 1.165) is 0 Å². The Kier molecular flexibility index (Phi) is 13.0. The molecule has 286 valence electrons. The van der Waals surface area contributed by atoms with Gasteiger partial charge in [0.25, 0.3) is 0 Å². The molecule has 0 saturated heterocycles. The van der Waals surface area contributed by atoms with Gasteiger partial charge >= 0.3 is 0 Å². The first-order valence-corrected chi connectivity index (χ1v) is 19.5. The molecule has 0 atom stereocenters. The van der Waals surface area contributed by atoms with E-state index in [1.807, 2.05) is 107 Å². The first-order valence-electron chi connectivity index (χ1n) is 17.2. The fraction of sp³-hybridized carbons (Fsp3) is 0.381. The van der Waals surface area contributed by atoms with Crippen LogP contribution >= 0.6 is 69.6 Å². The van der Waals surface area contributed by atoms with Crippen LogP contribution < -0.4 is 0 Å². The van der Waals surface area contributed by atoms with Crippen molar-refractivity contribution in [3.63, 3.8) is 0 Å². The molecule has 12 heteroatoms. The third kappa shape index (κ3) is 9.57. The molecule has 2 aromatic rings. The lowest BCUT2D eigenvalue weighted by molar-refractivity contribution is -0.114. The van der Waals surface area contributed by atoms with E-state index in [9.17, 15) is 9.59 Å². The first kappa shape index (κ1) is 43.9. The maximum atomic E-state index is 13.4. The highest BCUT2D eigenvalue weighted by atomic mass is 35.5. The number of rotatable bonds is 5. The smallest absolute Gasteiger partial charge is 0.186 e. The first-order chi connectivity index (χ1) is 24.6. The summed E-state index contributed by atoms with van der Waals surface area (Å²) in [5, 5.41) is 18.2. The number of carbonyl (C=O) groups excluding carboxylic acids is 2. The fourth-order valence-electron chi connectivity index (χ4n) is 5.79. The molecule has 0 fully saturated rings. The van der Waals surface area contributed by atoms with E-state index < -0.39 is 21.7 Å². The third-order valence-electron chi connectivity index (χ3n) is 8.73. The number of allylic oxidation sites excluding steroid dienone is 10. The number of hydrogen-bond acceptors (Lipinski definition) is 6. The van der Waals surface area contributed by atoms with Crippen LogP contribution in [0.1, 0.15) is 83.1 Å². The minimum Gasteiger partial charge on any atom is -0.289 e. The normalized spacial score (nSPS) is 16.3. The quantitative estimate of drug-likeness (QED) is 0.222. The molecule has 54 heavy (non-hydrogen) atoms. The minimum absolute atomic E-state index is 0.00235. The van der Waals surface area contributed by atoms with Gasteiger partial charge < -0.3 is 0 Å². The van der Waals surface area contributed by atoms with Gasteiger partial charge in [-0.2, -0.15) is 20.5 Å². The number of carbonyl (C=O) groups is 2. The molecular weight excluding hydrogens is 805 g/mol. The molecule has 6 nitrogen and oxygen atoms in total.